The Balaban J connectivity index is 2.02. The Labute approximate surface area is 235 Å². The Kier molecular flexibility index (Phi) is 9.89. The summed E-state index contributed by atoms with van der Waals surface area (Å²) in [5.74, 6) is -2.00. The van der Waals surface area contributed by atoms with Crippen molar-refractivity contribution in [3.63, 3.8) is 0 Å². The predicted molar refractivity (Wildman–Crippen MR) is 148 cm³/mol. The summed E-state index contributed by atoms with van der Waals surface area (Å²) in [5, 5.41) is 3.17. The van der Waals surface area contributed by atoms with Crippen LogP contribution in [0.1, 0.15) is 52.0 Å². The summed E-state index contributed by atoms with van der Waals surface area (Å²) >= 11 is 0. The molecule has 40 heavy (non-hydrogen) atoms. The van der Waals surface area contributed by atoms with Gasteiger partial charge >= 0.3 is 6.09 Å². The number of nitrogens with zero attached hydrogens (tertiary/aromatic N) is 2. The average Bonchev–Trinajstić information content (AvgIpc) is 2.85. The van der Waals surface area contributed by atoms with Gasteiger partial charge in [-0.25, -0.2) is 22.0 Å². The Hall–Kier alpha value is -3.12. The first kappa shape index (κ1) is 31.4. The number of likely N-dealkylation sites (N-methyl/N-ethyl adjacent to an activating group) is 1. The van der Waals surface area contributed by atoms with Gasteiger partial charge in [0.25, 0.3) is 10.0 Å². The van der Waals surface area contributed by atoms with Crippen molar-refractivity contribution in [2.45, 2.75) is 75.6 Å². The van der Waals surface area contributed by atoms with Crippen molar-refractivity contribution < 1.29 is 36.2 Å². The molecular weight excluding hydrogens is 544 g/mol. The van der Waals surface area contributed by atoms with Crippen molar-refractivity contribution in [1.82, 2.24) is 9.21 Å². The number of carbonyl (C=O) groups excluding carboxylic acids is 1. The smallest absolute Gasteiger partial charge is 0.424 e. The maximum atomic E-state index is 15.5. The van der Waals surface area contributed by atoms with Crippen molar-refractivity contribution in [3.05, 3.63) is 47.5 Å². The van der Waals surface area contributed by atoms with Crippen molar-refractivity contribution in [2.75, 3.05) is 33.6 Å². The number of ether oxygens (including phenoxy) is 3. The number of halogens is 2. The lowest BCUT2D eigenvalue weighted by Gasteiger charge is -2.37. The zero-order chi connectivity index (χ0) is 29.8. The standard InChI is InChI=1S/C28H39F2N3O6S/c1-28(2,3)39-27(34)33(17-18-12-13-20(37-6)16-25(18)38-7)40(35,36)26-21(29)14-19(15-22(26)30)31-23-10-8-9-11-24(23)32(4)5/h12-16,23-24,31H,8-11,17H2,1-7H3/t23-,24-/m0/s1. The molecule has 2 atom stereocenters. The second kappa shape index (κ2) is 12.6. The second-order valence-corrected chi connectivity index (χ2v) is 12.8. The van der Waals surface area contributed by atoms with Crippen LogP contribution in [-0.4, -0.2) is 69.7 Å². The van der Waals surface area contributed by atoms with E-state index in [0.717, 1.165) is 37.8 Å². The lowest BCUT2D eigenvalue weighted by atomic mass is 9.89. The molecule has 1 amide bonds. The quantitative estimate of drug-likeness (QED) is 0.420. The maximum Gasteiger partial charge on any atom is 0.424 e. The Morgan fingerprint density at radius 3 is 2.20 bits per heavy atom. The van der Waals surface area contributed by atoms with Crippen molar-refractivity contribution in [3.8, 4) is 11.5 Å². The molecule has 0 spiro atoms. The zero-order valence-corrected chi connectivity index (χ0v) is 24.9. The van der Waals surface area contributed by atoms with E-state index < -0.39 is 44.8 Å². The summed E-state index contributed by atoms with van der Waals surface area (Å²) < 4.78 is 74.5. The Morgan fingerprint density at radius 1 is 1.02 bits per heavy atom. The lowest BCUT2D eigenvalue weighted by Crippen LogP contribution is -2.45. The molecule has 0 unspecified atom stereocenters. The molecule has 0 saturated heterocycles. The molecule has 222 valence electrons. The van der Waals surface area contributed by atoms with Gasteiger partial charge in [0, 0.05) is 29.4 Å². The van der Waals surface area contributed by atoms with Gasteiger partial charge in [0.1, 0.15) is 28.7 Å². The first-order chi connectivity index (χ1) is 18.7. The predicted octanol–water partition coefficient (Wildman–Crippen LogP) is 5.39. The molecular formula is C28H39F2N3O6S. The minimum absolute atomic E-state index is 0.0641. The van der Waals surface area contributed by atoms with Crippen LogP contribution in [0.15, 0.2) is 35.2 Å². The van der Waals surface area contributed by atoms with Crippen LogP contribution in [0.2, 0.25) is 0 Å². The summed E-state index contributed by atoms with van der Waals surface area (Å²) in [5.41, 5.74) is -0.708. The van der Waals surface area contributed by atoms with E-state index in [9.17, 15) is 13.2 Å². The highest BCUT2D eigenvalue weighted by Gasteiger charge is 2.38. The van der Waals surface area contributed by atoms with E-state index in [1.54, 1.807) is 26.8 Å². The van der Waals surface area contributed by atoms with E-state index in [4.69, 9.17) is 14.2 Å². The molecule has 2 aromatic carbocycles. The van der Waals surface area contributed by atoms with Gasteiger partial charge in [-0.15, -0.1) is 0 Å². The van der Waals surface area contributed by atoms with Crippen LogP contribution in [0, 0.1) is 11.6 Å². The van der Waals surface area contributed by atoms with E-state index in [1.807, 2.05) is 14.1 Å². The molecule has 9 nitrogen and oxygen atoms in total. The van der Waals surface area contributed by atoms with Gasteiger partial charge in [-0.3, -0.25) is 0 Å². The third-order valence-electron chi connectivity index (χ3n) is 6.70. The van der Waals surface area contributed by atoms with Crippen molar-refractivity contribution >= 4 is 21.8 Å². The molecule has 1 saturated carbocycles. The first-order valence-electron chi connectivity index (χ1n) is 13.1. The molecule has 0 radical (unpaired) electrons. The van der Waals surface area contributed by atoms with Crippen LogP contribution in [0.5, 0.6) is 11.5 Å². The van der Waals surface area contributed by atoms with E-state index in [0.29, 0.717) is 10.1 Å². The molecule has 0 heterocycles. The van der Waals surface area contributed by atoms with Gasteiger partial charge in [-0.2, -0.15) is 4.31 Å². The largest absolute Gasteiger partial charge is 0.497 e. The number of amides is 1. The lowest BCUT2D eigenvalue weighted by molar-refractivity contribution is 0.0380. The monoisotopic (exact) mass is 583 g/mol. The van der Waals surface area contributed by atoms with Crippen LogP contribution >= 0.6 is 0 Å². The van der Waals surface area contributed by atoms with Gasteiger partial charge < -0.3 is 24.4 Å². The van der Waals surface area contributed by atoms with E-state index in [1.165, 1.54) is 26.4 Å². The summed E-state index contributed by atoms with van der Waals surface area (Å²) in [6, 6.07) is 6.53. The second-order valence-electron chi connectivity index (χ2n) is 11.0. The summed E-state index contributed by atoms with van der Waals surface area (Å²) in [6.07, 6.45) is 2.48. The molecule has 3 rings (SSSR count). The molecule has 0 bridgehead atoms. The summed E-state index contributed by atoms with van der Waals surface area (Å²) in [4.78, 5) is 14.0. The molecule has 12 heteroatoms. The van der Waals surface area contributed by atoms with Gasteiger partial charge in [0.15, 0.2) is 4.90 Å². The zero-order valence-electron chi connectivity index (χ0n) is 24.1. The topological polar surface area (TPSA) is 97.4 Å². The van der Waals surface area contributed by atoms with Crippen LogP contribution in [0.3, 0.4) is 0 Å². The molecule has 1 aliphatic carbocycles. The fraction of sp³-hybridized carbons (Fsp3) is 0.536. The highest BCUT2D eigenvalue weighted by atomic mass is 32.2. The molecule has 1 N–H and O–H groups in total. The van der Waals surface area contributed by atoms with Crippen molar-refractivity contribution in [2.24, 2.45) is 0 Å². The normalized spacial score (nSPS) is 17.9. The summed E-state index contributed by atoms with van der Waals surface area (Å²) in [6.45, 7) is 4.06. The number of hydrogen-bond acceptors (Lipinski definition) is 8. The number of methoxy groups -OCH3 is 2. The van der Waals surface area contributed by atoms with E-state index in [-0.39, 0.29) is 29.1 Å². The summed E-state index contributed by atoms with van der Waals surface area (Å²) in [7, 11) is 1.65. The minimum atomic E-state index is -5.06. The first-order valence-corrected chi connectivity index (χ1v) is 14.5. The van der Waals surface area contributed by atoms with Crippen molar-refractivity contribution in [1.29, 1.82) is 0 Å². The van der Waals surface area contributed by atoms with Gasteiger partial charge in [-0.05, 0) is 72.0 Å². The van der Waals surface area contributed by atoms with E-state index >= 15 is 8.78 Å². The number of nitrogens with one attached hydrogen (secondary N) is 1. The Morgan fingerprint density at radius 2 is 1.65 bits per heavy atom. The molecule has 2 aromatic rings. The Bertz CT molecular complexity index is 1290. The van der Waals surface area contributed by atoms with Gasteiger partial charge in [0.2, 0.25) is 0 Å². The third-order valence-corrected chi connectivity index (χ3v) is 8.46. The number of anilines is 1. The fourth-order valence-electron chi connectivity index (χ4n) is 4.81. The highest BCUT2D eigenvalue weighted by molar-refractivity contribution is 7.89. The third kappa shape index (κ3) is 7.34. The van der Waals surface area contributed by atoms with Gasteiger partial charge in [-0.1, -0.05) is 12.8 Å². The molecule has 1 fully saturated rings. The number of rotatable bonds is 9. The van der Waals surface area contributed by atoms with Gasteiger partial charge in [0.05, 0.1) is 20.8 Å². The molecule has 1 aliphatic rings. The molecule has 0 aromatic heterocycles. The fourth-order valence-corrected chi connectivity index (χ4v) is 6.18. The van der Waals surface area contributed by atoms with Crippen LogP contribution < -0.4 is 14.8 Å². The van der Waals surface area contributed by atoms with Crippen LogP contribution in [0.25, 0.3) is 0 Å². The van der Waals surface area contributed by atoms with Crippen LogP contribution in [-0.2, 0) is 21.3 Å². The molecule has 0 aliphatic heterocycles. The SMILES string of the molecule is COc1ccc(CN(C(=O)OC(C)(C)C)S(=O)(=O)c2c(F)cc(N[C@H]3CCCC[C@@H]3N(C)C)cc2F)c(OC)c1. The maximum absolute atomic E-state index is 15.5. The van der Waals surface area contributed by atoms with Crippen LogP contribution in [0.4, 0.5) is 19.3 Å². The number of hydrogen-bond donors (Lipinski definition) is 1. The average molecular weight is 584 g/mol. The number of benzene rings is 2. The number of carbonyl (C=O) groups is 1. The van der Waals surface area contributed by atoms with E-state index in [2.05, 4.69) is 10.2 Å². The minimum Gasteiger partial charge on any atom is -0.497 e. The number of sulfonamides is 1. The highest BCUT2D eigenvalue weighted by Crippen LogP contribution is 2.33.